The van der Waals surface area contributed by atoms with Gasteiger partial charge in [-0.3, -0.25) is 4.79 Å². The van der Waals surface area contributed by atoms with Crippen molar-refractivity contribution in [2.75, 3.05) is 0 Å². The Hall–Kier alpha value is -2.09. The number of aryl methyl sites for hydroxylation is 2. The summed E-state index contributed by atoms with van der Waals surface area (Å²) in [6.07, 6.45) is 4.14. The van der Waals surface area contributed by atoms with Crippen molar-refractivity contribution in [3.8, 4) is 0 Å². The summed E-state index contributed by atoms with van der Waals surface area (Å²) in [4.78, 5) is 13.2. The van der Waals surface area contributed by atoms with Crippen molar-refractivity contribution >= 4 is 5.91 Å². The van der Waals surface area contributed by atoms with Crippen LogP contribution in [0, 0.1) is 13.8 Å². The second-order valence-electron chi connectivity index (χ2n) is 7.21. The SMILES string of the molecule is Cc1ccc(C)c(C(C)NC(=O)C2(c3ccccc3)CCCC2)c1. The van der Waals surface area contributed by atoms with Gasteiger partial charge >= 0.3 is 0 Å². The Morgan fingerprint density at radius 3 is 2.38 bits per heavy atom. The van der Waals surface area contributed by atoms with Crippen molar-refractivity contribution in [2.24, 2.45) is 0 Å². The third-order valence-electron chi connectivity index (χ3n) is 5.47. The minimum absolute atomic E-state index is 0.0265. The molecule has 2 aromatic rings. The lowest BCUT2D eigenvalue weighted by molar-refractivity contribution is -0.127. The highest BCUT2D eigenvalue weighted by atomic mass is 16.2. The highest BCUT2D eigenvalue weighted by Gasteiger charge is 2.42. The Labute approximate surface area is 145 Å². The summed E-state index contributed by atoms with van der Waals surface area (Å²) in [6.45, 7) is 6.30. The number of nitrogens with one attached hydrogen (secondary N) is 1. The highest BCUT2D eigenvalue weighted by Crippen LogP contribution is 2.41. The van der Waals surface area contributed by atoms with Crippen molar-refractivity contribution in [3.63, 3.8) is 0 Å². The van der Waals surface area contributed by atoms with Crippen LogP contribution in [0.15, 0.2) is 48.5 Å². The molecule has 1 N–H and O–H groups in total. The summed E-state index contributed by atoms with van der Waals surface area (Å²) >= 11 is 0. The fourth-order valence-corrected chi connectivity index (χ4v) is 4.02. The van der Waals surface area contributed by atoms with Gasteiger partial charge < -0.3 is 5.32 Å². The molecule has 1 amide bonds. The van der Waals surface area contributed by atoms with Crippen LogP contribution in [0.3, 0.4) is 0 Å². The van der Waals surface area contributed by atoms with Crippen LogP contribution in [-0.2, 0) is 10.2 Å². The molecule has 2 heteroatoms. The van der Waals surface area contributed by atoms with Gasteiger partial charge in [0.05, 0.1) is 11.5 Å². The molecule has 1 aliphatic carbocycles. The van der Waals surface area contributed by atoms with E-state index in [1.807, 2.05) is 18.2 Å². The third kappa shape index (κ3) is 3.10. The molecule has 0 aliphatic heterocycles. The van der Waals surface area contributed by atoms with E-state index in [1.165, 1.54) is 16.7 Å². The lowest BCUT2D eigenvalue weighted by Gasteiger charge is -2.30. The molecule has 1 aliphatic rings. The van der Waals surface area contributed by atoms with Gasteiger partial charge in [-0.05, 0) is 50.3 Å². The van der Waals surface area contributed by atoms with Crippen molar-refractivity contribution in [1.82, 2.24) is 5.32 Å². The number of hydrogen-bond acceptors (Lipinski definition) is 1. The fraction of sp³-hybridized carbons (Fsp3) is 0.409. The van der Waals surface area contributed by atoms with E-state index in [1.54, 1.807) is 0 Å². The van der Waals surface area contributed by atoms with E-state index < -0.39 is 0 Å². The summed E-state index contributed by atoms with van der Waals surface area (Å²) in [5.41, 5.74) is 4.48. The average Bonchev–Trinajstić information content (AvgIpc) is 3.09. The normalized spacial score (nSPS) is 17.5. The summed E-state index contributed by atoms with van der Waals surface area (Å²) in [7, 11) is 0. The predicted molar refractivity (Wildman–Crippen MR) is 99.1 cm³/mol. The van der Waals surface area contributed by atoms with Gasteiger partial charge in [-0.25, -0.2) is 0 Å². The van der Waals surface area contributed by atoms with Crippen molar-refractivity contribution in [2.45, 2.75) is 57.9 Å². The zero-order valence-corrected chi connectivity index (χ0v) is 14.9. The lowest BCUT2D eigenvalue weighted by atomic mass is 9.77. The van der Waals surface area contributed by atoms with E-state index in [2.05, 4.69) is 56.4 Å². The molecule has 0 aromatic heterocycles. The molecular formula is C22H27NO. The smallest absolute Gasteiger partial charge is 0.231 e. The van der Waals surface area contributed by atoms with Gasteiger partial charge in [0, 0.05) is 0 Å². The molecule has 0 spiro atoms. The third-order valence-corrected chi connectivity index (χ3v) is 5.47. The molecule has 1 fully saturated rings. The van der Waals surface area contributed by atoms with Crippen molar-refractivity contribution in [3.05, 3.63) is 70.8 Å². The second-order valence-corrected chi connectivity index (χ2v) is 7.21. The molecule has 0 bridgehead atoms. The Bertz CT molecular complexity index is 714. The molecule has 2 nitrogen and oxygen atoms in total. The molecule has 3 rings (SSSR count). The predicted octanol–water partition coefficient (Wildman–Crippen LogP) is 4.99. The Morgan fingerprint density at radius 2 is 1.71 bits per heavy atom. The number of amides is 1. The van der Waals surface area contributed by atoms with Crippen LogP contribution < -0.4 is 5.32 Å². The molecule has 1 saturated carbocycles. The van der Waals surface area contributed by atoms with Gasteiger partial charge in [0.25, 0.3) is 0 Å². The molecular weight excluding hydrogens is 294 g/mol. The first-order valence-corrected chi connectivity index (χ1v) is 8.96. The van der Waals surface area contributed by atoms with Gasteiger partial charge in [-0.1, -0.05) is 66.9 Å². The van der Waals surface area contributed by atoms with Gasteiger partial charge in [0.15, 0.2) is 0 Å². The van der Waals surface area contributed by atoms with E-state index in [0.717, 1.165) is 31.2 Å². The maximum absolute atomic E-state index is 13.2. The Balaban J connectivity index is 1.86. The Kier molecular flexibility index (Phi) is 4.75. The van der Waals surface area contributed by atoms with Crippen LogP contribution in [0.1, 0.15) is 60.9 Å². The number of hydrogen-bond donors (Lipinski definition) is 1. The van der Waals surface area contributed by atoms with Crippen LogP contribution >= 0.6 is 0 Å². The molecule has 1 atom stereocenters. The van der Waals surface area contributed by atoms with Gasteiger partial charge in [-0.15, -0.1) is 0 Å². The molecule has 126 valence electrons. The van der Waals surface area contributed by atoms with Gasteiger partial charge in [-0.2, -0.15) is 0 Å². The van der Waals surface area contributed by atoms with Crippen LogP contribution in [0.4, 0.5) is 0 Å². The zero-order chi connectivity index (χ0) is 17.2. The molecule has 24 heavy (non-hydrogen) atoms. The zero-order valence-electron chi connectivity index (χ0n) is 14.9. The fourth-order valence-electron chi connectivity index (χ4n) is 4.02. The minimum atomic E-state index is -0.354. The first kappa shape index (κ1) is 16.8. The van der Waals surface area contributed by atoms with E-state index in [-0.39, 0.29) is 17.4 Å². The number of rotatable bonds is 4. The minimum Gasteiger partial charge on any atom is -0.349 e. The summed E-state index contributed by atoms with van der Waals surface area (Å²) in [6, 6.07) is 16.8. The van der Waals surface area contributed by atoms with Crippen molar-refractivity contribution in [1.29, 1.82) is 0 Å². The Morgan fingerprint density at radius 1 is 1.04 bits per heavy atom. The monoisotopic (exact) mass is 321 g/mol. The first-order chi connectivity index (χ1) is 11.5. The maximum Gasteiger partial charge on any atom is 0.231 e. The molecule has 1 unspecified atom stereocenters. The number of benzene rings is 2. The average molecular weight is 321 g/mol. The van der Waals surface area contributed by atoms with E-state index >= 15 is 0 Å². The summed E-state index contributed by atoms with van der Waals surface area (Å²) < 4.78 is 0. The summed E-state index contributed by atoms with van der Waals surface area (Å²) in [5, 5.41) is 3.31. The second kappa shape index (κ2) is 6.80. The first-order valence-electron chi connectivity index (χ1n) is 8.96. The maximum atomic E-state index is 13.2. The largest absolute Gasteiger partial charge is 0.349 e. The lowest BCUT2D eigenvalue weighted by Crippen LogP contribution is -2.43. The summed E-state index contributed by atoms with van der Waals surface area (Å²) in [5.74, 6) is 0.180. The van der Waals surface area contributed by atoms with Crippen LogP contribution in [0.5, 0.6) is 0 Å². The molecule has 2 aromatic carbocycles. The van der Waals surface area contributed by atoms with E-state index in [0.29, 0.717) is 0 Å². The highest BCUT2D eigenvalue weighted by molar-refractivity contribution is 5.89. The van der Waals surface area contributed by atoms with Crippen molar-refractivity contribution < 1.29 is 4.79 Å². The van der Waals surface area contributed by atoms with E-state index in [9.17, 15) is 4.79 Å². The quantitative estimate of drug-likeness (QED) is 0.844. The van der Waals surface area contributed by atoms with Gasteiger partial charge in [0.1, 0.15) is 0 Å². The molecule has 0 saturated heterocycles. The molecule has 0 radical (unpaired) electrons. The molecule has 0 heterocycles. The van der Waals surface area contributed by atoms with Crippen LogP contribution in [0.2, 0.25) is 0 Å². The number of carbonyl (C=O) groups excluding carboxylic acids is 1. The topological polar surface area (TPSA) is 29.1 Å². The van der Waals surface area contributed by atoms with Gasteiger partial charge in [0.2, 0.25) is 5.91 Å². The number of carbonyl (C=O) groups is 1. The van der Waals surface area contributed by atoms with Crippen LogP contribution in [0.25, 0.3) is 0 Å². The standard InChI is InChI=1S/C22H27NO/c1-16-11-12-17(2)20(15-16)18(3)23-21(24)22(13-7-8-14-22)19-9-5-4-6-10-19/h4-6,9-12,15,18H,7-8,13-14H2,1-3H3,(H,23,24). The van der Waals surface area contributed by atoms with Crippen LogP contribution in [-0.4, -0.2) is 5.91 Å². The van der Waals surface area contributed by atoms with E-state index in [4.69, 9.17) is 0 Å².